The summed E-state index contributed by atoms with van der Waals surface area (Å²) in [4.78, 5) is 19.6. The van der Waals surface area contributed by atoms with Gasteiger partial charge in [-0.05, 0) is 55.6 Å². The lowest BCUT2D eigenvalue weighted by Crippen LogP contribution is -2.50. The third kappa shape index (κ3) is 4.65. The third-order valence-corrected chi connectivity index (χ3v) is 7.16. The number of amides is 1. The molecule has 1 aliphatic heterocycles. The van der Waals surface area contributed by atoms with E-state index in [9.17, 15) is 4.79 Å². The second-order valence-corrected chi connectivity index (χ2v) is 9.59. The summed E-state index contributed by atoms with van der Waals surface area (Å²) in [5.74, 6) is 1.78. The minimum absolute atomic E-state index is 0.0318. The first-order valence-corrected chi connectivity index (χ1v) is 11.4. The third-order valence-electron chi connectivity index (χ3n) is 6.40. The van der Waals surface area contributed by atoms with Gasteiger partial charge in [0.05, 0.1) is 18.7 Å². The summed E-state index contributed by atoms with van der Waals surface area (Å²) in [5, 5.41) is 14.2. The van der Waals surface area contributed by atoms with Gasteiger partial charge >= 0.3 is 0 Å². The minimum atomic E-state index is -0.154. The first kappa shape index (κ1) is 19.1. The molecule has 2 saturated carbocycles. The van der Waals surface area contributed by atoms with Crippen molar-refractivity contribution in [2.75, 3.05) is 19.7 Å². The number of fused-ring (bicyclic) bond motifs is 1. The molecule has 3 fully saturated rings. The summed E-state index contributed by atoms with van der Waals surface area (Å²) in [6.07, 6.45) is 8.06. The molecule has 2 aromatic heterocycles. The topological polar surface area (TPSA) is 80.2 Å². The van der Waals surface area contributed by atoms with Gasteiger partial charge in [0.2, 0.25) is 0 Å². The Morgan fingerprint density at radius 3 is 2.83 bits per heavy atom. The maximum atomic E-state index is 12.7. The van der Waals surface area contributed by atoms with E-state index in [0.29, 0.717) is 23.4 Å². The smallest absolute Gasteiger partial charge is 0.272 e. The van der Waals surface area contributed by atoms with Crippen molar-refractivity contribution in [1.29, 1.82) is 0 Å². The molecule has 7 nitrogen and oxygen atoms in total. The van der Waals surface area contributed by atoms with Crippen molar-refractivity contribution in [3.63, 3.8) is 0 Å². The number of hydrogen-bond acceptors (Lipinski definition) is 7. The molecule has 0 radical (unpaired) electrons. The SMILES string of the molecule is O=C(N[C@H]1C[C@H]2CN(Cc3nccs3)C[C@H]2C[C@@H]1OCC1CC1)c1cccnn1. The van der Waals surface area contributed by atoms with Crippen molar-refractivity contribution in [3.8, 4) is 0 Å². The number of ether oxygens (including phenoxy) is 1. The van der Waals surface area contributed by atoms with Crippen LogP contribution < -0.4 is 5.32 Å². The van der Waals surface area contributed by atoms with Gasteiger partial charge in [0.1, 0.15) is 5.01 Å². The maximum Gasteiger partial charge on any atom is 0.272 e. The zero-order valence-electron chi connectivity index (χ0n) is 16.4. The Kier molecular flexibility index (Phi) is 5.56. The van der Waals surface area contributed by atoms with Gasteiger partial charge in [0, 0.05) is 37.5 Å². The van der Waals surface area contributed by atoms with Crippen LogP contribution in [0, 0.1) is 17.8 Å². The van der Waals surface area contributed by atoms with Gasteiger partial charge in [-0.2, -0.15) is 5.10 Å². The average molecular weight is 414 g/mol. The monoisotopic (exact) mass is 413 g/mol. The van der Waals surface area contributed by atoms with Crippen molar-refractivity contribution < 1.29 is 9.53 Å². The fourth-order valence-electron chi connectivity index (χ4n) is 4.71. The summed E-state index contributed by atoms with van der Waals surface area (Å²) in [5.41, 5.74) is 0.368. The predicted molar refractivity (Wildman–Crippen MR) is 109 cm³/mol. The van der Waals surface area contributed by atoms with Gasteiger partial charge in [0.25, 0.3) is 5.91 Å². The summed E-state index contributed by atoms with van der Waals surface area (Å²) in [6.45, 7) is 3.91. The molecular formula is C21H27N5O2S. The molecule has 0 aromatic carbocycles. The molecule has 1 amide bonds. The van der Waals surface area contributed by atoms with Crippen LogP contribution in [0.15, 0.2) is 29.9 Å². The van der Waals surface area contributed by atoms with Crippen LogP contribution in [0.1, 0.15) is 41.2 Å². The number of nitrogens with one attached hydrogen (secondary N) is 1. The van der Waals surface area contributed by atoms with Crippen LogP contribution in [0.3, 0.4) is 0 Å². The zero-order valence-corrected chi connectivity index (χ0v) is 17.3. The molecule has 0 spiro atoms. The van der Waals surface area contributed by atoms with Crippen LogP contribution in [0.4, 0.5) is 0 Å². The first-order valence-electron chi connectivity index (χ1n) is 10.6. The standard InChI is InChI=1S/C21H27N5O2S/c27-21(17-2-1-5-23-25-17)24-18-8-15-10-26(12-20-22-6-7-29-20)11-16(15)9-19(18)28-13-14-3-4-14/h1-2,5-7,14-16,18-19H,3-4,8-13H2,(H,24,27)/t15-,16+,18-,19-/m0/s1. The van der Waals surface area contributed by atoms with Gasteiger partial charge in [-0.1, -0.05) is 0 Å². The molecule has 2 aliphatic carbocycles. The van der Waals surface area contributed by atoms with Crippen molar-refractivity contribution in [2.45, 2.75) is 44.4 Å². The quantitative estimate of drug-likeness (QED) is 0.751. The molecule has 4 atom stereocenters. The zero-order chi connectivity index (χ0) is 19.6. The predicted octanol–water partition coefficient (Wildman–Crippen LogP) is 2.37. The molecule has 0 bridgehead atoms. The van der Waals surface area contributed by atoms with Crippen LogP contribution >= 0.6 is 11.3 Å². The van der Waals surface area contributed by atoms with Crippen LogP contribution in [0.5, 0.6) is 0 Å². The first-order chi connectivity index (χ1) is 14.2. The normalized spacial score (nSPS) is 29.5. The lowest BCUT2D eigenvalue weighted by atomic mass is 9.77. The Labute approximate surface area is 174 Å². The molecule has 2 aromatic rings. The number of nitrogens with zero attached hydrogens (tertiary/aromatic N) is 4. The summed E-state index contributed by atoms with van der Waals surface area (Å²) < 4.78 is 6.33. The Bertz CT molecular complexity index is 814. The lowest BCUT2D eigenvalue weighted by molar-refractivity contribution is -0.0212. The Morgan fingerprint density at radius 2 is 2.10 bits per heavy atom. The van der Waals surface area contributed by atoms with Crippen molar-refractivity contribution >= 4 is 17.2 Å². The van der Waals surface area contributed by atoms with Gasteiger partial charge < -0.3 is 10.1 Å². The molecule has 1 saturated heterocycles. The highest BCUT2D eigenvalue weighted by atomic mass is 32.1. The average Bonchev–Trinajstić information content (AvgIpc) is 3.27. The second-order valence-electron chi connectivity index (χ2n) is 8.62. The minimum Gasteiger partial charge on any atom is -0.376 e. The van der Waals surface area contributed by atoms with Crippen molar-refractivity contribution in [1.82, 2.24) is 25.4 Å². The van der Waals surface area contributed by atoms with Crippen LogP contribution in [-0.2, 0) is 11.3 Å². The molecule has 3 aliphatic rings. The van der Waals surface area contributed by atoms with E-state index in [1.165, 1.54) is 17.8 Å². The van der Waals surface area contributed by atoms with Crippen LogP contribution in [0.2, 0.25) is 0 Å². The van der Waals surface area contributed by atoms with Gasteiger partial charge in [0.15, 0.2) is 5.69 Å². The van der Waals surface area contributed by atoms with E-state index in [2.05, 4.69) is 25.4 Å². The van der Waals surface area contributed by atoms with Crippen molar-refractivity contribution in [3.05, 3.63) is 40.6 Å². The Hall–Kier alpha value is -1.90. The molecule has 1 N–H and O–H groups in total. The van der Waals surface area contributed by atoms with E-state index < -0.39 is 0 Å². The highest BCUT2D eigenvalue weighted by Gasteiger charge is 2.43. The van der Waals surface area contributed by atoms with E-state index in [0.717, 1.165) is 39.1 Å². The van der Waals surface area contributed by atoms with Gasteiger partial charge in [-0.25, -0.2) is 4.98 Å². The number of carbonyl (C=O) groups excluding carboxylic acids is 1. The molecule has 154 valence electrons. The summed E-state index contributed by atoms with van der Waals surface area (Å²) >= 11 is 1.72. The van der Waals surface area contributed by atoms with E-state index >= 15 is 0 Å². The highest BCUT2D eigenvalue weighted by molar-refractivity contribution is 7.09. The molecule has 8 heteroatoms. The molecular weight excluding hydrogens is 386 g/mol. The van der Waals surface area contributed by atoms with E-state index in [4.69, 9.17) is 4.74 Å². The van der Waals surface area contributed by atoms with Gasteiger partial charge in [-0.15, -0.1) is 16.4 Å². The summed E-state index contributed by atoms with van der Waals surface area (Å²) in [6, 6.07) is 3.48. The Morgan fingerprint density at radius 1 is 1.24 bits per heavy atom. The lowest BCUT2D eigenvalue weighted by Gasteiger charge is -2.38. The highest BCUT2D eigenvalue weighted by Crippen LogP contribution is 2.39. The number of likely N-dealkylation sites (tertiary alicyclic amines) is 1. The molecule has 0 unspecified atom stereocenters. The number of aromatic nitrogens is 3. The van der Waals surface area contributed by atoms with E-state index in [1.54, 1.807) is 29.7 Å². The molecule has 5 rings (SSSR count). The van der Waals surface area contributed by atoms with Crippen LogP contribution in [0.25, 0.3) is 0 Å². The number of carbonyl (C=O) groups is 1. The van der Waals surface area contributed by atoms with E-state index in [1.807, 2.05) is 11.6 Å². The van der Waals surface area contributed by atoms with Crippen LogP contribution in [-0.4, -0.2) is 57.8 Å². The Balaban J connectivity index is 1.25. The van der Waals surface area contributed by atoms with E-state index in [-0.39, 0.29) is 18.1 Å². The number of rotatable bonds is 7. The van der Waals surface area contributed by atoms with Gasteiger partial charge in [-0.3, -0.25) is 9.69 Å². The maximum absolute atomic E-state index is 12.7. The second kappa shape index (κ2) is 8.45. The fraction of sp³-hybridized carbons (Fsp3) is 0.619. The van der Waals surface area contributed by atoms with Crippen molar-refractivity contribution in [2.24, 2.45) is 17.8 Å². The molecule has 3 heterocycles. The molecule has 29 heavy (non-hydrogen) atoms. The largest absolute Gasteiger partial charge is 0.376 e. The number of hydrogen-bond donors (Lipinski definition) is 1. The fourth-order valence-corrected chi connectivity index (χ4v) is 5.36. The summed E-state index contributed by atoms with van der Waals surface area (Å²) in [7, 11) is 0. The number of thiazole rings is 1.